The van der Waals surface area contributed by atoms with Gasteiger partial charge in [0.2, 0.25) is 5.88 Å². The second-order valence-electron chi connectivity index (χ2n) is 5.77. The molecule has 3 aromatic heterocycles. The number of carbonyl (C=O) groups excluding carboxylic acids is 1. The number of furan rings is 1. The summed E-state index contributed by atoms with van der Waals surface area (Å²) in [6.45, 7) is 1.26. The molecule has 0 aliphatic carbocycles. The van der Waals surface area contributed by atoms with Crippen molar-refractivity contribution in [2.75, 3.05) is 13.1 Å². The molecule has 0 aromatic carbocycles. The Kier molecular flexibility index (Phi) is 4.16. The highest BCUT2D eigenvalue weighted by atomic mass is 16.5. The summed E-state index contributed by atoms with van der Waals surface area (Å²) >= 11 is 0. The van der Waals surface area contributed by atoms with Gasteiger partial charge in [0, 0.05) is 44.4 Å². The maximum atomic E-state index is 12.2. The normalized spacial score (nSPS) is 15.3. The third-order valence-electron chi connectivity index (χ3n) is 4.11. The number of ether oxygens (including phenoxy) is 1. The lowest BCUT2D eigenvalue weighted by Crippen LogP contribution is -2.41. The van der Waals surface area contributed by atoms with Crippen LogP contribution in [0.1, 0.15) is 23.4 Å². The van der Waals surface area contributed by atoms with Crippen LogP contribution in [-0.2, 0) is 0 Å². The van der Waals surface area contributed by atoms with Crippen LogP contribution in [0, 0.1) is 0 Å². The zero-order valence-corrected chi connectivity index (χ0v) is 13.5. The minimum atomic E-state index is -0.0770. The number of carbonyl (C=O) groups is 1. The molecule has 8 heteroatoms. The van der Waals surface area contributed by atoms with Crippen molar-refractivity contribution in [1.82, 2.24) is 24.9 Å². The van der Waals surface area contributed by atoms with Crippen molar-refractivity contribution in [3.8, 4) is 11.7 Å². The first-order chi connectivity index (χ1) is 12.3. The first-order valence-corrected chi connectivity index (χ1v) is 8.13. The van der Waals surface area contributed by atoms with E-state index in [0.29, 0.717) is 30.5 Å². The molecule has 0 atom stereocenters. The van der Waals surface area contributed by atoms with Crippen LogP contribution in [0.2, 0.25) is 0 Å². The highest BCUT2D eigenvalue weighted by Crippen LogP contribution is 2.19. The van der Waals surface area contributed by atoms with Crippen molar-refractivity contribution in [1.29, 1.82) is 0 Å². The van der Waals surface area contributed by atoms with Gasteiger partial charge in [0.25, 0.3) is 5.91 Å². The Morgan fingerprint density at radius 3 is 2.68 bits per heavy atom. The summed E-state index contributed by atoms with van der Waals surface area (Å²) in [5.74, 6) is 1.41. The number of amides is 1. The van der Waals surface area contributed by atoms with Crippen LogP contribution in [0.4, 0.5) is 0 Å². The topological polar surface area (TPSA) is 86.3 Å². The standard InChI is InChI=1S/C17H17N5O3/c23-17(14-3-1-12-24-14)21-10-6-13(7-11-21)25-16-5-4-15(19-20-16)22-9-2-8-18-22/h1-5,8-9,12-13H,6-7,10-11H2. The Morgan fingerprint density at radius 1 is 1.16 bits per heavy atom. The summed E-state index contributed by atoms with van der Waals surface area (Å²) in [6, 6.07) is 8.81. The molecule has 8 nitrogen and oxygen atoms in total. The van der Waals surface area contributed by atoms with Crippen molar-refractivity contribution < 1.29 is 13.9 Å². The number of aromatic nitrogens is 4. The number of hydrogen-bond acceptors (Lipinski definition) is 6. The van der Waals surface area contributed by atoms with Crippen molar-refractivity contribution >= 4 is 5.91 Å². The van der Waals surface area contributed by atoms with E-state index in [4.69, 9.17) is 9.15 Å². The first kappa shape index (κ1) is 15.4. The van der Waals surface area contributed by atoms with E-state index in [9.17, 15) is 4.79 Å². The molecule has 25 heavy (non-hydrogen) atoms. The lowest BCUT2D eigenvalue weighted by atomic mass is 10.1. The van der Waals surface area contributed by atoms with Crippen LogP contribution in [0.25, 0.3) is 5.82 Å². The fourth-order valence-corrected chi connectivity index (χ4v) is 2.81. The molecule has 1 amide bonds. The molecule has 0 unspecified atom stereocenters. The fraction of sp³-hybridized carbons (Fsp3) is 0.294. The summed E-state index contributed by atoms with van der Waals surface area (Å²) in [4.78, 5) is 14.0. The lowest BCUT2D eigenvalue weighted by Gasteiger charge is -2.31. The van der Waals surface area contributed by atoms with Gasteiger partial charge in [-0.3, -0.25) is 4.79 Å². The number of rotatable bonds is 4. The Morgan fingerprint density at radius 2 is 2.04 bits per heavy atom. The predicted molar refractivity (Wildman–Crippen MR) is 87.4 cm³/mol. The smallest absolute Gasteiger partial charge is 0.289 e. The Hall–Kier alpha value is -3.16. The summed E-state index contributed by atoms with van der Waals surface area (Å²) < 4.78 is 12.7. The van der Waals surface area contributed by atoms with Crippen LogP contribution >= 0.6 is 0 Å². The SMILES string of the molecule is O=C(c1ccco1)N1CCC(Oc2ccc(-n3cccn3)nn2)CC1. The molecule has 1 aliphatic heterocycles. The molecule has 1 fully saturated rings. The molecule has 0 radical (unpaired) electrons. The molecular formula is C17H17N5O3. The Balaban J connectivity index is 1.32. The van der Waals surface area contributed by atoms with Gasteiger partial charge in [0.05, 0.1) is 6.26 Å². The van der Waals surface area contributed by atoms with Crippen LogP contribution in [0.3, 0.4) is 0 Å². The second-order valence-corrected chi connectivity index (χ2v) is 5.77. The highest BCUT2D eigenvalue weighted by molar-refractivity contribution is 5.91. The monoisotopic (exact) mass is 339 g/mol. The van der Waals surface area contributed by atoms with Gasteiger partial charge in [-0.25, -0.2) is 4.68 Å². The molecule has 0 spiro atoms. The van der Waals surface area contributed by atoms with E-state index < -0.39 is 0 Å². The zero-order valence-electron chi connectivity index (χ0n) is 13.5. The van der Waals surface area contributed by atoms with Crippen molar-refractivity contribution in [2.45, 2.75) is 18.9 Å². The summed E-state index contributed by atoms with van der Waals surface area (Å²) in [7, 11) is 0. The number of likely N-dealkylation sites (tertiary alicyclic amines) is 1. The molecule has 0 saturated carbocycles. The molecule has 3 aromatic rings. The quantitative estimate of drug-likeness (QED) is 0.722. The average Bonchev–Trinajstić information content (AvgIpc) is 3.36. The molecule has 1 aliphatic rings. The fourth-order valence-electron chi connectivity index (χ4n) is 2.81. The van der Waals surface area contributed by atoms with E-state index in [2.05, 4.69) is 15.3 Å². The Labute approximate surface area is 144 Å². The summed E-state index contributed by atoms with van der Waals surface area (Å²) in [6.07, 6.45) is 6.50. The Bertz CT molecular complexity index is 807. The first-order valence-electron chi connectivity index (χ1n) is 8.13. The highest BCUT2D eigenvalue weighted by Gasteiger charge is 2.26. The number of hydrogen-bond donors (Lipinski definition) is 0. The van der Waals surface area contributed by atoms with Gasteiger partial charge in [0.1, 0.15) is 6.10 Å². The van der Waals surface area contributed by atoms with Gasteiger partial charge in [-0.1, -0.05) is 0 Å². The van der Waals surface area contributed by atoms with Crippen LogP contribution in [0.5, 0.6) is 5.88 Å². The van der Waals surface area contributed by atoms with E-state index in [1.165, 1.54) is 6.26 Å². The van der Waals surface area contributed by atoms with Crippen molar-refractivity contribution in [3.63, 3.8) is 0 Å². The van der Waals surface area contributed by atoms with E-state index in [-0.39, 0.29) is 12.0 Å². The average molecular weight is 339 g/mol. The van der Waals surface area contributed by atoms with Gasteiger partial charge in [-0.15, -0.1) is 10.2 Å². The zero-order chi connectivity index (χ0) is 17.1. The van der Waals surface area contributed by atoms with E-state index in [1.807, 2.05) is 12.1 Å². The molecule has 1 saturated heterocycles. The third kappa shape index (κ3) is 3.37. The minimum Gasteiger partial charge on any atom is -0.473 e. The van der Waals surface area contributed by atoms with Crippen LogP contribution in [0.15, 0.2) is 53.4 Å². The van der Waals surface area contributed by atoms with Crippen LogP contribution < -0.4 is 4.74 Å². The molecule has 4 rings (SSSR count). The van der Waals surface area contributed by atoms with Crippen molar-refractivity contribution in [3.05, 3.63) is 54.7 Å². The van der Waals surface area contributed by atoms with Crippen molar-refractivity contribution in [2.24, 2.45) is 0 Å². The van der Waals surface area contributed by atoms with Gasteiger partial charge in [-0.2, -0.15) is 5.10 Å². The second kappa shape index (κ2) is 6.76. The number of piperidine rings is 1. The summed E-state index contributed by atoms with van der Waals surface area (Å²) in [5, 5.41) is 12.3. The maximum Gasteiger partial charge on any atom is 0.289 e. The predicted octanol–water partition coefficient (Wildman–Crippen LogP) is 1.94. The number of nitrogens with zero attached hydrogens (tertiary/aromatic N) is 5. The minimum absolute atomic E-state index is 0.0190. The van der Waals surface area contributed by atoms with E-state index in [1.54, 1.807) is 40.2 Å². The molecule has 0 bridgehead atoms. The van der Waals surface area contributed by atoms with Crippen LogP contribution in [-0.4, -0.2) is 50.0 Å². The molecule has 4 heterocycles. The molecule has 128 valence electrons. The lowest BCUT2D eigenvalue weighted by molar-refractivity contribution is 0.0557. The van der Waals surface area contributed by atoms with Gasteiger partial charge < -0.3 is 14.1 Å². The molecule has 0 N–H and O–H groups in total. The van der Waals surface area contributed by atoms with E-state index >= 15 is 0 Å². The molecular weight excluding hydrogens is 322 g/mol. The largest absolute Gasteiger partial charge is 0.473 e. The van der Waals surface area contributed by atoms with Gasteiger partial charge in [-0.05, 0) is 24.3 Å². The third-order valence-corrected chi connectivity index (χ3v) is 4.11. The van der Waals surface area contributed by atoms with E-state index in [0.717, 1.165) is 12.8 Å². The van der Waals surface area contributed by atoms with Gasteiger partial charge >= 0.3 is 0 Å². The summed E-state index contributed by atoms with van der Waals surface area (Å²) in [5.41, 5.74) is 0. The maximum absolute atomic E-state index is 12.2. The van der Waals surface area contributed by atoms with Gasteiger partial charge in [0.15, 0.2) is 11.6 Å².